The number of aryl methyl sites for hydroxylation is 2. The van der Waals surface area contributed by atoms with Gasteiger partial charge >= 0.3 is 0 Å². The Morgan fingerprint density at radius 3 is 2.33 bits per heavy atom. The molecule has 3 aromatic rings. The van der Waals surface area contributed by atoms with Gasteiger partial charge < -0.3 is 9.52 Å². The van der Waals surface area contributed by atoms with Gasteiger partial charge in [0.25, 0.3) is 11.7 Å². The van der Waals surface area contributed by atoms with E-state index in [-0.39, 0.29) is 16.9 Å². The third-order valence-electron chi connectivity index (χ3n) is 5.43. The number of carbonyl (C=O) groups excluding carboxylic acids is 2. The second-order valence-corrected chi connectivity index (χ2v) is 7.34. The molecule has 0 spiro atoms. The Bertz CT molecular complexity index is 1190. The van der Waals surface area contributed by atoms with Gasteiger partial charge in [-0.25, -0.2) is 4.39 Å². The molecule has 1 aliphatic rings. The van der Waals surface area contributed by atoms with Crippen LogP contribution in [0.5, 0.6) is 0 Å². The maximum Gasteiger partial charge on any atom is 0.300 e. The average Bonchev–Trinajstić information content (AvgIpc) is 3.26. The van der Waals surface area contributed by atoms with E-state index in [1.165, 1.54) is 29.2 Å². The number of aliphatic hydroxyl groups excluding tert-OH is 1. The second kappa shape index (κ2) is 7.30. The molecule has 1 atom stereocenters. The summed E-state index contributed by atoms with van der Waals surface area (Å²) in [5.74, 6) is -1.46. The van der Waals surface area contributed by atoms with Crippen LogP contribution in [0, 0.1) is 26.6 Å². The Hall–Kier alpha value is -3.67. The normalized spacial score (nSPS) is 18.3. The molecule has 152 valence electrons. The number of Topliss-reactive ketones (excluding diaryl/α,β-unsaturated/α-hetero) is 1. The molecular formula is C24H20FNO4. The van der Waals surface area contributed by atoms with E-state index in [1.807, 2.05) is 19.9 Å². The Labute approximate surface area is 173 Å². The van der Waals surface area contributed by atoms with Crippen molar-refractivity contribution < 1.29 is 23.5 Å². The van der Waals surface area contributed by atoms with Gasteiger partial charge in [-0.3, -0.25) is 14.5 Å². The summed E-state index contributed by atoms with van der Waals surface area (Å²) >= 11 is 0. The Kier molecular flexibility index (Phi) is 4.78. The predicted octanol–water partition coefficient (Wildman–Crippen LogP) is 4.97. The number of nitrogens with zero attached hydrogens (tertiary/aromatic N) is 1. The lowest BCUT2D eigenvalue weighted by atomic mass is 9.98. The lowest BCUT2D eigenvalue weighted by Crippen LogP contribution is -2.30. The highest BCUT2D eigenvalue weighted by atomic mass is 19.1. The number of benzene rings is 2. The molecule has 1 unspecified atom stereocenters. The van der Waals surface area contributed by atoms with Crippen molar-refractivity contribution in [3.63, 3.8) is 0 Å². The maximum atomic E-state index is 13.3. The molecule has 30 heavy (non-hydrogen) atoms. The number of aliphatic hydroxyl groups is 1. The van der Waals surface area contributed by atoms with Gasteiger partial charge in [-0.15, -0.1) is 0 Å². The highest BCUT2D eigenvalue weighted by molar-refractivity contribution is 6.51. The van der Waals surface area contributed by atoms with Crippen molar-refractivity contribution in [3.05, 3.63) is 94.2 Å². The number of carbonyl (C=O) groups is 2. The monoisotopic (exact) mass is 405 g/mol. The molecule has 1 aliphatic heterocycles. The van der Waals surface area contributed by atoms with Crippen LogP contribution in [0.4, 0.5) is 10.1 Å². The third-order valence-corrected chi connectivity index (χ3v) is 5.43. The number of halogens is 1. The second-order valence-electron chi connectivity index (χ2n) is 7.34. The zero-order chi connectivity index (χ0) is 21.6. The molecule has 0 aliphatic carbocycles. The van der Waals surface area contributed by atoms with E-state index >= 15 is 0 Å². The summed E-state index contributed by atoms with van der Waals surface area (Å²) in [6.45, 7) is 5.54. The molecule has 1 N–H and O–H groups in total. The number of hydrogen-bond donors (Lipinski definition) is 1. The van der Waals surface area contributed by atoms with Crippen LogP contribution in [-0.4, -0.2) is 16.8 Å². The number of rotatable bonds is 3. The number of ketones is 1. The van der Waals surface area contributed by atoms with Crippen LogP contribution in [-0.2, 0) is 9.59 Å². The molecule has 6 heteroatoms. The molecule has 1 fully saturated rings. The van der Waals surface area contributed by atoms with Crippen LogP contribution < -0.4 is 4.90 Å². The highest BCUT2D eigenvalue weighted by Gasteiger charge is 2.48. The molecule has 0 bridgehead atoms. The molecule has 4 rings (SSSR count). The van der Waals surface area contributed by atoms with Gasteiger partial charge in [-0.05, 0) is 74.4 Å². The summed E-state index contributed by atoms with van der Waals surface area (Å²) in [4.78, 5) is 27.5. The summed E-state index contributed by atoms with van der Waals surface area (Å²) in [7, 11) is 0. The predicted molar refractivity (Wildman–Crippen MR) is 111 cm³/mol. The maximum absolute atomic E-state index is 13.3. The van der Waals surface area contributed by atoms with E-state index in [0.717, 1.165) is 11.1 Å². The lowest BCUT2D eigenvalue weighted by Gasteiger charge is -2.25. The van der Waals surface area contributed by atoms with Gasteiger partial charge in [-0.1, -0.05) is 12.1 Å². The zero-order valence-corrected chi connectivity index (χ0v) is 16.8. The van der Waals surface area contributed by atoms with Crippen molar-refractivity contribution >= 4 is 23.1 Å². The van der Waals surface area contributed by atoms with E-state index in [1.54, 1.807) is 31.2 Å². The van der Waals surface area contributed by atoms with Gasteiger partial charge in [0.2, 0.25) is 0 Å². The molecule has 1 saturated heterocycles. The fraction of sp³-hybridized carbons (Fsp3) is 0.167. The Morgan fingerprint density at radius 2 is 1.70 bits per heavy atom. The molecular weight excluding hydrogens is 385 g/mol. The number of hydrogen-bond acceptors (Lipinski definition) is 4. The fourth-order valence-electron chi connectivity index (χ4n) is 3.71. The fourth-order valence-corrected chi connectivity index (χ4v) is 3.71. The van der Waals surface area contributed by atoms with Gasteiger partial charge in [0.15, 0.2) is 0 Å². The quantitative estimate of drug-likeness (QED) is 0.379. The molecule has 0 saturated carbocycles. The van der Waals surface area contributed by atoms with Crippen molar-refractivity contribution in [2.75, 3.05) is 4.90 Å². The number of furan rings is 1. The van der Waals surface area contributed by atoms with E-state index in [9.17, 15) is 19.1 Å². The lowest BCUT2D eigenvalue weighted by molar-refractivity contribution is -0.132. The summed E-state index contributed by atoms with van der Waals surface area (Å²) in [5, 5.41) is 10.9. The van der Waals surface area contributed by atoms with Crippen molar-refractivity contribution in [2.45, 2.75) is 26.8 Å². The summed E-state index contributed by atoms with van der Waals surface area (Å²) < 4.78 is 19.1. The minimum absolute atomic E-state index is 0.0955. The van der Waals surface area contributed by atoms with Crippen LogP contribution in [0.25, 0.3) is 5.76 Å². The molecule has 0 radical (unpaired) electrons. The van der Waals surface area contributed by atoms with Gasteiger partial charge in [0.05, 0.1) is 5.57 Å². The molecule has 1 amide bonds. The highest BCUT2D eigenvalue weighted by Crippen LogP contribution is 2.43. The van der Waals surface area contributed by atoms with Crippen LogP contribution in [0.2, 0.25) is 0 Å². The average molecular weight is 405 g/mol. The third kappa shape index (κ3) is 3.10. The molecule has 2 heterocycles. The minimum Gasteiger partial charge on any atom is -0.507 e. The number of anilines is 1. The first-order valence-corrected chi connectivity index (χ1v) is 9.49. The van der Waals surface area contributed by atoms with Gasteiger partial charge in [-0.2, -0.15) is 0 Å². The number of amides is 1. The van der Waals surface area contributed by atoms with Crippen molar-refractivity contribution in [1.29, 1.82) is 0 Å². The molecule has 1 aromatic heterocycles. The van der Waals surface area contributed by atoms with Crippen LogP contribution in [0.15, 0.2) is 64.6 Å². The van der Waals surface area contributed by atoms with Crippen molar-refractivity contribution in [1.82, 2.24) is 0 Å². The smallest absolute Gasteiger partial charge is 0.300 e. The van der Waals surface area contributed by atoms with Crippen LogP contribution in [0.1, 0.15) is 34.3 Å². The largest absolute Gasteiger partial charge is 0.507 e. The first-order chi connectivity index (χ1) is 14.3. The molecule has 2 aromatic carbocycles. The summed E-state index contributed by atoms with van der Waals surface area (Å²) in [5.41, 5.74) is 2.51. The van der Waals surface area contributed by atoms with E-state index in [4.69, 9.17) is 4.42 Å². The molecule has 5 nitrogen and oxygen atoms in total. The van der Waals surface area contributed by atoms with Crippen molar-refractivity contribution in [2.24, 2.45) is 0 Å². The van der Waals surface area contributed by atoms with E-state index < -0.39 is 23.5 Å². The van der Waals surface area contributed by atoms with Gasteiger partial charge in [0, 0.05) is 11.3 Å². The summed E-state index contributed by atoms with van der Waals surface area (Å²) in [6.07, 6.45) is 0. The minimum atomic E-state index is -0.941. The van der Waals surface area contributed by atoms with Crippen LogP contribution in [0.3, 0.4) is 0 Å². The Morgan fingerprint density at radius 1 is 1.00 bits per heavy atom. The van der Waals surface area contributed by atoms with Gasteiger partial charge in [0.1, 0.15) is 29.1 Å². The first-order valence-electron chi connectivity index (χ1n) is 9.49. The zero-order valence-electron chi connectivity index (χ0n) is 16.8. The van der Waals surface area contributed by atoms with E-state index in [2.05, 4.69) is 0 Å². The SMILES string of the molecule is Cc1ccc(C2/C(=C(/O)c3ccc(F)cc3)C(=O)C(=O)N2c2cccc(C)c2C)o1. The first kappa shape index (κ1) is 19.6. The standard InChI is InChI=1S/C24H20FNO4/c1-13-5-4-6-18(15(13)3)26-21(19-12-7-14(2)30-19)20(23(28)24(26)29)22(27)16-8-10-17(25)11-9-16/h4-12,21,27H,1-3H3/b22-20-. The Balaban J connectivity index is 1.97. The summed E-state index contributed by atoms with van der Waals surface area (Å²) in [6, 6.07) is 13.0. The topological polar surface area (TPSA) is 70.8 Å². The van der Waals surface area contributed by atoms with E-state index in [0.29, 0.717) is 17.2 Å². The van der Waals surface area contributed by atoms with Crippen LogP contribution >= 0.6 is 0 Å². The van der Waals surface area contributed by atoms with Crippen molar-refractivity contribution in [3.8, 4) is 0 Å².